The first-order valence-corrected chi connectivity index (χ1v) is 4.13. The fraction of sp³-hybridized carbons (Fsp3) is 0.333. The molecule has 0 amide bonds. The Labute approximate surface area is 76.4 Å². The van der Waals surface area contributed by atoms with Gasteiger partial charge in [-0.2, -0.15) is 0 Å². The van der Waals surface area contributed by atoms with Crippen molar-refractivity contribution in [2.75, 3.05) is 0 Å². The van der Waals surface area contributed by atoms with Crippen molar-refractivity contribution in [1.29, 1.82) is 0 Å². The maximum atomic E-state index is 9.08. The highest BCUT2D eigenvalue weighted by Gasteiger charge is 2.02. The van der Waals surface area contributed by atoms with E-state index in [0.717, 1.165) is 5.56 Å². The topological polar surface area (TPSA) is 40.5 Å². The Morgan fingerprint density at radius 3 is 2.67 bits per heavy atom. The molecule has 2 N–H and O–H groups in total. The van der Waals surface area contributed by atoms with Gasteiger partial charge in [-0.3, -0.25) is 0 Å². The molecule has 1 aromatic rings. The predicted molar refractivity (Wildman–Crippen MR) is 48.5 cm³/mol. The second-order valence-electron chi connectivity index (χ2n) is 2.84. The number of phenols is 1. The second-order valence-corrected chi connectivity index (χ2v) is 3.25. The summed E-state index contributed by atoms with van der Waals surface area (Å²) in [7, 11) is 0. The summed E-state index contributed by atoms with van der Waals surface area (Å²) >= 11 is 5.67. The Morgan fingerprint density at radius 1 is 1.50 bits per heavy atom. The summed E-state index contributed by atoms with van der Waals surface area (Å²) in [6.45, 7) is 1.71. The van der Waals surface area contributed by atoms with E-state index < -0.39 is 0 Å². The van der Waals surface area contributed by atoms with Crippen molar-refractivity contribution in [1.82, 2.24) is 0 Å². The predicted octanol–water partition coefficient (Wildman–Crippen LogP) is 1.97. The lowest BCUT2D eigenvalue weighted by Crippen LogP contribution is -2.03. The Morgan fingerprint density at radius 2 is 2.17 bits per heavy atom. The van der Waals surface area contributed by atoms with Gasteiger partial charge in [0.05, 0.1) is 11.1 Å². The Kier molecular flexibility index (Phi) is 2.95. The van der Waals surface area contributed by atoms with Gasteiger partial charge in [-0.15, -0.1) is 0 Å². The molecule has 0 heterocycles. The van der Waals surface area contributed by atoms with E-state index in [4.69, 9.17) is 21.8 Å². The molecule has 0 saturated carbocycles. The molecule has 2 nitrogen and oxygen atoms in total. The molecule has 0 bridgehead atoms. The Balaban J connectivity index is 2.82. The summed E-state index contributed by atoms with van der Waals surface area (Å²) in [5, 5.41) is 18.5. The molecule has 0 fully saturated rings. The Hall–Kier alpha value is -0.730. The molecule has 12 heavy (non-hydrogen) atoms. The molecule has 3 heteroatoms. The van der Waals surface area contributed by atoms with Crippen molar-refractivity contribution in [2.45, 2.75) is 19.4 Å². The molecular weight excluding hydrogens is 176 g/mol. The minimum absolute atomic E-state index is 0.0750. The molecule has 1 aromatic carbocycles. The molecule has 0 aliphatic heterocycles. The van der Waals surface area contributed by atoms with Gasteiger partial charge in [0, 0.05) is 0 Å². The van der Waals surface area contributed by atoms with Gasteiger partial charge < -0.3 is 10.2 Å². The third-order valence-electron chi connectivity index (χ3n) is 1.54. The third kappa shape index (κ3) is 2.40. The molecule has 0 aliphatic carbocycles. The van der Waals surface area contributed by atoms with Crippen LogP contribution in [0.5, 0.6) is 5.75 Å². The van der Waals surface area contributed by atoms with Gasteiger partial charge in [-0.05, 0) is 31.0 Å². The van der Waals surface area contributed by atoms with Gasteiger partial charge >= 0.3 is 0 Å². The van der Waals surface area contributed by atoms with E-state index in [9.17, 15) is 0 Å². The number of hydrogen-bond donors (Lipinski definition) is 2. The lowest BCUT2D eigenvalue weighted by atomic mass is 10.1. The zero-order valence-electron chi connectivity index (χ0n) is 6.79. The summed E-state index contributed by atoms with van der Waals surface area (Å²) in [5.41, 5.74) is 0.924. The van der Waals surface area contributed by atoms with E-state index in [-0.39, 0.29) is 11.9 Å². The van der Waals surface area contributed by atoms with E-state index >= 15 is 0 Å². The van der Waals surface area contributed by atoms with Gasteiger partial charge in [0.15, 0.2) is 0 Å². The van der Waals surface area contributed by atoms with Crippen molar-refractivity contribution in [3.63, 3.8) is 0 Å². The monoisotopic (exact) mass is 186 g/mol. The molecule has 0 spiro atoms. The Bertz CT molecular complexity index is 271. The third-order valence-corrected chi connectivity index (χ3v) is 1.85. The van der Waals surface area contributed by atoms with Crippen LogP contribution in [0.4, 0.5) is 0 Å². The van der Waals surface area contributed by atoms with Gasteiger partial charge in [0.2, 0.25) is 0 Å². The first-order valence-electron chi connectivity index (χ1n) is 3.75. The molecule has 66 valence electrons. The lowest BCUT2D eigenvalue weighted by molar-refractivity contribution is 0.195. The number of phenolic OH excluding ortho intramolecular Hbond substituents is 1. The van der Waals surface area contributed by atoms with Crippen LogP contribution >= 0.6 is 11.6 Å². The minimum Gasteiger partial charge on any atom is -0.506 e. The summed E-state index contributed by atoms with van der Waals surface area (Å²) < 4.78 is 0. The first kappa shape index (κ1) is 9.36. The van der Waals surface area contributed by atoms with Crippen LogP contribution < -0.4 is 0 Å². The normalized spacial score (nSPS) is 12.9. The van der Waals surface area contributed by atoms with Crippen LogP contribution in [0.25, 0.3) is 0 Å². The number of aromatic hydroxyl groups is 1. The van der Waals surface area contributed by atoms with Crippen molar-refractivity contribution in [3.8, 4) is 5.75 Å². The molecule has 0 saturated heterocycles. The molecule has 0 aliphatic rings. The number of rotatable bonds is 2. The number of hydrogen-bond acceptors (Lipinski definition) is 2. The highest BCUT2D eigenvalue weighted by atomic mass is 35.5. The zero-order chi connectivity index (χ0) is 9.14. The van der Waals surface area contributed by atoms with Crippen LogP contribution in [-0.2, 0) is 6.42 Å². The van der Waals surface area contributed by atoms with Crippen LogP contribution in [0, 0.1) is 0 Å². The van der Waals surface area contributed by atoms with Crippen LogP contribution in [-0.4, -0.2) is 16.3 Å². The molecule has 0 unspecified atom stereocenters. The summed E-state index contributed by atoms with van der Waals surface area (Å²) in [4.78, 5) is 0. The molecule has 0 radical (unpaired) electrons. The standard InChI is InChI=1S/C9H11ClO2/c1-6(11)4-7-2-3-9(12)8(10)5-7/h2-3,5-6,11-12H,4H2,1H3/t6-/m0/s1. The molecule has 1 rings (SSSR count). The second kappa shape index (κ2) is 3.78. The fourth-order valence-corrected chi connectivity index (χ4v) is 1.22. The van der Waals surface area contributed by atoms with Gasteiger partial charge in [0.1, 0.15) is 5.75 Å². The first-order chi connectivity index (χ1) is 5.59. The van der Waals surface area contributed by atoms with Crippen LogP contribution in [0.15, 0.2) is 18.2 Å². The summed E-state index contributed by atoms with van der Waals surface area (Å²) in [6, 6.07) is 4.93. The highest BCUT2D eigenvalue weighted by Crippen LogP contribution is 2.23. The average molecular weight is 187 g/mol. The van der Waals surface area contributed by atoms with Crippen molar-refractivity contribution in [3.05, 3.63) is 28.8 Å². The van der Waals surface area contributed by atoms with Crippen molar-refractivity contribution < 1.29 is 10.2 Å². The SMILES string of the molecule is C[C@H](O)Cc1ccc(O)c(Cl)c1. The van der Waals surface area contributed by atoms with Gasteiger partial charge in [-0.25, -0.2) is 0 Å². The van der Waals surface area contributed by atoms with Gasteiger partial charge in [-0.1, -0.05) is 17.7 Å². The van der Waals surface area contributed by atoms with Crippen LogP contribution in [0.2, 0.25) is 5.02 Å². The van der Waals surface area contributed by atoms with E-state index in [2.05, 4.69) is 0 Å². The minimum atomic E-state index is -0.384. The molecule has 1 atom stereocenters. The zero-order valence-corrected chi connectivity index (χ0v) is 7.54. The fourth-order valence-electron chi connectivity index (χ4n) is 1.02. The number of halogens is 1. The largest absolute Gasteiger partial charge is 0.506 e. The number of aliphatic hydroxyl groups is 1. The molecule has 0 aromatic heterocycles. The van der Waals surface area contributed by atoms with E-state index in [1.54, 1.807) is 19.1 Å². The number of benzene rings is 1. The van der Waals surface area contributed by atoms with Crippen molar-refractivity contribution in [2.24, 2.45) is 0 Å². The van der Waals surface area contributed by atoms with E-state index in [0.29, 0.717) is 11.4 Å². The number of aliphatic hydroxyl groups excluding tert-OH is 1. The van der Waals surface area contributed by atoms with E-state index in [1.807, 2.05) is 0 Å². The smallest absolute Gasteiger partial charge is 0.134 e. The summed E-state index contributed by atoms with van der Waals surface area (Å²) in [6.07, 6.45) is 0.172. The lowest BCUT2D eigenvalue weighted by Gasteiger charge is -2.04. The van der Waals surface area contributed by atoms with Crippen LogP contribution in [0.1, 0.15) is 12.5 Å². The maximum absolute atomic E-state index is 9.08. The highest BCUT2D eigenvalue weighted by molar-refractivity contribution is 6.32. The summed E-state index contributed by atoms with van der Waals surface area (Å²) in [5.74, 6) is 0.0750. The maximum Gasteiger partial charge on any atom is 0.134 e. The van der Waals surface area contributed by atoms with Gasteiger partial charge in [0.25, 0.3) is 0 Å². The van der Waals surface area contributed by atoms with E-state index in [1.165, 1.54) is 6.07 Å². The van der Waals surface area contributed by atoms with Crippen molar-refractivity contribution >= 4 is 11.6 Å². The van der Waals surface area contributed by atoms with Crippen LogP contribution in [0.3, 0.4) is 0 Å². The molecular formula is C9H11ClO2. The quantitative estimate of drug-likeness (QED) is 0.742. The average Bonchev–Trinajstić information content (AvgIpc) is 1.96.